The van der Waals surface area contributed by atoms with Crippen LogP contribution in [0.5, 0.6) is 5.75 Å². The van der Waals surface area contributed by atoms with E-state index < -0.39 is 0 Å². The van der Waals surface area contributed by atoms with Crippen molar-refractivity contribution in [1.29, 1.82) is 0 Å². The molecule has 0 saturated heterocycles. The Balaban J connectivity index is 1.76. The number of para-hydroxylation sites is 1. The van der Waals surface area contributed by atoms with Crippen LogP contribution >= 0.6 is 0 Å². The van der Waals surface area contributed by atoms with E-state index in [0.717, 1.165) is 16.9 Å². The van der Waals surface area contributed by atoms with Crippen LogP contribution in [0.1, 0.15) is 30.5 Å². The van der Waals surface area contributed by atoms with E-state index in [2.05, 4.69) is 5.32 Å². The molecule has 21 heavy (non-hydrogen) atoms. The van der Waals surface area contributed by atoms with Gasteiger partial charge < -0.3 is 10.1 Å². The number of rotatable bonds is 6. The number of nitrogens with one attached hydrogen (secondary N) is 1. The lowest BCUT2D eigenvalue weighted by Gasteiger charge is -2.14. The van der Waals surface area contributed by atoms with Crippen molar-refractivity contribution in [3.8, 4) is 5.75 Å². The van der Waals surface area contributed by atoms with Crippen LogP contribution in [0.4, 0.5) is 0 Å². The van der Waals surface area contributed by atoms with E-state index in [4.69, 9.17) is 4.74 Å². The fourth-order valence-corrected chi connectivity index (χ4v) is 2.11. The molecule has 0 unspecified atom stereocenters. The summed E-state index contributed by atoms with van der Waals surface area (Å²) in [6, 6.07) is 17.7. The van der Waals surface area contributed by atoms with E-state index in [9.17, 15) is 4.79 Å². The maximum Gasteiger partial charge on any atom is 0.223 e. The van der Waals surface area contributed by atoms with Gasteiger partial charge in [0.2, 0.25) is 5.91 Å². The van der Waals surface area contributed by atoms with Gasteiger partial charge in [0.1, 0.15) is 5.75 Å². The molecule has 110 valence electrons. The summed E-state index contributed by atoms with van der Waals surface area (Å²) >= 11 is 0. The van der Waals surface area contributed by atoms with Gasteiger partial charge in [-0.15, -0.1) is 0 Å². The molecule has 0 spiro atoms. The predicted octanol–water partition coefficient (Wildman–Crippen LogP) is 3.64. The van der Waals surface area contributed by atoms with Crippen LogP contribution in [-0.4, -0.2) is 12.5 Å². The smallest absolute Gasteiger partial charge is 0.223 e. The molecular formula is C18H21NO2. The number of hydrogen-bond donors (Lipinski definition) is 1. The highest BCUT2D eigenvalue weighted by atomic mass is 16.5. The van der Waals surface area contributed by atoms with Crippen molar-refractivity contribution in [2.45, 2.75) is 26.3 Å². The van der Waals surface area contributed by atoms with Crippen molar-refractivity contribution in [1.82, 2.24) is 5.32 Å². The van der Waals surface area contributed by atoms with Crippen LogP contribution in [0.3, 0.4) is 0 Å². The van der Waals surface area contributed by atoms with Gasteiger partial charge in [-0.2, -0.15) is 0 Å². The second-order valence-corrected chi connectivity index (χ2v) is 5.06. The van der Waals surface area contributed by atoms with Gasteiger partial charge in [-0.25, -0.2) is 0 Å². The summed E-state index contributed by atoms with van der Waals surface area (Å²) in [5.74, 6) is 0.835. The lowest BCUT2D eigenvalue weighted by atomic mass is 10.1. The summed E-state index contributed by atoms with van der Waals surface area (Å²) < 4.78 is 5.63. The molecular weight excluding hydrogens is 262 g/mol. The molecule has 1 N–H and O–H groups in total. The van der Waals surface area contributed by atoms with Gasteiger partial charge in [-0.3, -0.25) is 4.79 Å². The Kier molecular flexibility index (Phi) is 5.38. The normalized spacial score (nSPS) is 11.7. The molecule has 1 atom stereocenters. The monoisotopic (exact) mass is 283 g/mol. The molecule has 2 aromatic carbocycles. The van der Waals surface area contributed by atoms with E-state index in [0.29, 0.717) is 13.0 Å². The summed E-state index contributed by atoms with van der Waals surface area (Å²) in [7, 11) is 0. The van der Waals surface area contributed by atoms with Crippen LogP contribution in [0, 0.1) is 6.92 Å². The predicted molar refractivity (Wildman–Crippen MR) is 84.3 cm³/mol. The van der Waals surface area contributed by atoms with E-state index >= 15 is 0 Å². The first-order chi connectivity index (χ1) is 10.2. The van der Waals surface area contributed by atoms with E-state index in [1.54, 1.807) is 0 Å². The second-order valence-electron chi connectivity index (χ2n) is 5.06. The van der Waals surface area contributed by atoms with Gasteiger partial charge in [-0.1, -0.05) is 48.5 Å². The molecule has 0 fully saturated rings. The molecule has 2 rings (SSSR count). The number of ether oxygens (including phenoxy) is 1. The van der Waals surface area contributed by atoms with E-state index in [1.807, 2.05) is 68.4 Å². The fourth-order valence-electron chi connectivity index (χ4n) is 2.11. The molecule has 0 aliphatic carbocycles. The van der Waals surface area contributed by atoms with Crippen molar-refractivity contribution in [3.63, 3.8) is 0 Å². The molecule has 0 aliphatic heterocycles. The highest BCUT2D eigenvalue weighted by Crippen LogP contribution is 2.16. The SMILES string of the molecule is Cc1ccccc1OCCC(=O)N[C@@H](C)c1ccccc1. The number of hydrogen-bond acceptors (Lipinski definition) is 2. The number of aryl methyl sites for hydroxylation is 1. The molecule has 0 heterocycles. The fraction of sp³-hybridized carbons (Fsp3) is 0.278. The highest BCUT2D eigenvalue weighted by Gasteiger charge is 2.09. The first-order valence-electron chi connectivity index (χ1n) is 7.19. The minimum atomic E-state index is -0.0000581. The number of amides is 1. The lowest BCUT2D eigenvalue weighted by molar-refractivity contribution is -0.122. The Morgan fingerprint density at radius 2 is 1.76 bits per heavy atom. The first-order valence-corrected chi connectivity index (χ1v) is 7.19. The van der Waals surface area contributed by atoms with Gasteiger partial charge in [-0.05, 0) is 31.0 Å². The van der Waals surface area contributed by atoms with Crippen LogP contribution in [0.15, 0.2) is 54.6 Å². The summed E-state index contributed by atoms with van der Waals surface area (Å²) in [4.78, 5) is 11.9. The topological polar surface area (TPSA) is 38.3 Å². The quantitative estimate of drug-likeness (QED) is 0.879. The van der Waals surface area contributed by atoms with Gasteiger partial charge in [0.25, 0.3) is 0 Å². The third kappa shape index (κ3) is 4.63. The molecule has 0 saturated carbocycles. The minimum Gasteiger partial charge on any atom is -0.493 e. The Bertz CT molecular complexity index is 581. The van der Waals surface area contributed by atoms with Crippen LogP contribution in [0.25, 0.3) is 0 Å². The molecule has 3 heteroatoms. The van der Waals surface area contributed by atoms with Crippen molar-refractivity contribution in [2.75, 3.05) is 6.61 Å². The lowest BCUT2D eigenvalue weighted by Crippen LogP contribution is -2.27. The number of benzene rings is 2. The first kappa shape index (κ1) is 15.1. The van der Waals surface area contributed by atoms with Gasteiger partial charge in [0.15, 0.2) is 0 Å². The average molecular weight is 283 g/mol. The Labute approximate surface area is 126 Å². The van der Waals surface area contributed by atoms with Crippen LogP contribution in [-0.2, 0) is 4.79 Å². The summed E-state index contributed by atoms with van der Waals surface area (Å²) in [6.45, 7) is 4.36. The van der Waals surface area contributed by atoms with Crippen molar-refractivity contribution >= 4 is 5.91 Å². The Hall–Kier alpha value is -2.29. The average Bonchev–Trinajstić information content (AvgIpc) is 2.50. The Morgan fingerprint density at radius 3 is 2.48 bits per heavy atom. The molecule has 3 nitrogen and oxygen atoms in total. The molecule has 2 aromatic rings. The third-order valence-electron chi connectivity index (χ3n) is 3.36. The molecule has 0 radical (unpaired) electrons. The maximum atomic E-state index is 11.9. The van der Waals surface area contributed by atoms with Gasteiger partial charge in [0, 0.05) is 0 Å². The van der Waals surface area contributed by atoms with Crippen LogP contribution in [0.2, 0.25) is 0 Å². The minimum absolute atomic E-state index is 0.0000581. The summed E-state index contributed by atoms with van der Waals surface area (Å²) in [5, 5.41) is 2.98. The Morgan fingerprint density at radius 1 is 1.10 bits per heavy atom. The largest absolute Gasteiger partial charge is 0.493 e. The van der Waals surface area contributed by atoms with E-state index in [1.165, 1.54) is 0 Å². The molecule has 0 bridgehead atoms. The third-order valence-corrected chi connectivity index (χ3v) is 3.36. The zero-order valence-electron chi connectivity index (χ0n) is 12.5. The number of carbonyl (C=O) groups excluding carboxylic acids is 1. The maximum absolute atomic E-state index is 11.9. The van der Waals surface area contributed by atoms with Crippen molar-refractivity contribution < 1.29 is 9.53 Å². The van der Waals surface area contributed by atoms with E-state index in [-0.39, 0.29) is 11.9 Å². The molecule has 0 aliphatic rings. The standard InChI is InChI=1S/C18H21NO2/c1-14-8-6-7-11-17(14)21-13-12-18(20)19-15(2)16-9-4-3-5-10-16/h3-11,15H,12-13H2,1-2H3,(H,19,20)/t15-/m0/s1. The zero-order valence-corrected chi connectivity index (χ0v) is 12.5. The van der Waals surface area contributed by atoms with Gasteiger partial charge >= 0.3 is 0 Å². The molecule has 1 amide bonds. The highest BCUT2D eigenvalue weighted by molar-refractivity contribution is 5.76. The van der Waals surface area contributed by atoms with Gasteiger partial charge in [0.05, 0.1) is 19.1 Å². The molecule has 0 aromatic heterocycles. The summed E-state index contributed by atoms with van der Waals surface area (Å²) in [5.41, 5.74) is 2.18. The number of carbonyl (C=O) groups is 1. The van der Waals surface area contributed by atoms with Crippen molar-refractivity contribution in [3.05, 3.63) is 65.7 Å². The summed E-state index contributed by atoms with van der Waals surface area (Å²) in [6.07, 6.45) is 0.353. The van der Waals surface area contributed by atoms with Crippen molar-refractivity contribution in [2.24, 2.45) is 0 Å². The zero-order chi connectivity index (χ0) is 15.1. The van der Waals surface area contributed by atoms with Crippen LogP contribution < -0.4 is 10.1 Å². The second kappa shape index (κ2) is 7.48.